The fourth-order valence-electron chi connectivity index (χ4n) is 3.47. The molecule has 1 N–H and O–H groups in total. The van der Waals surface area contributed by atoms with Crippen molar-refractivity contribution in [3.05, 3.63) is 89.7 Å². The number of anilines is 2. The van der Waals surface area contributed by atoms with E-state index in [0.29, 0.717) is 12.1 Å². The predicted molar refractivity (Wildman–Crippen MR) is 104 cm³/mol. The summed E-state index contributed by atoms with van der Waals surface area (Å²) in [4.78, 5) is 19.2. The molecule has 0 saturated heterocycles. The fraction of sp³-hybridized carbons (Fsp3) is 0.182. The molecule has 2 heterocycles. The third kappa shape index (κ3) is 3.18. The molecule has 1 unspecified atom stereocenters. The van der Waals surface area contributed by atoms with E-state index in [1.54, 1.807) is 12.4 Å². The van der Waals surface area contributed by atoms with Crippen molar-refractivity contribution in [3.63, 3.8) is 0 Å². The van der Waals surface area contributed by atoms with Gasteiger partial charge in [-0.3, -0.25) is 9.78 Å². The van der Waals surface area contributed by atoms with E-state index in [0.717, 1.165) is 17.8 Å². The number of nitrogens with one attached hydrogen (secondary N) is 1. The largest absolute Gasteiger partial charge is 0.380 e. The number of carbonyl (C=O) groups is 1. The second-order valence-corrected chi connectivity index (χ2v) is 6.66. The van der Waals surface area contributed by atoms with E-state index in [-0.39, 0.29) is 11.9 Å². The molecule has 1 amide bonds. The van der Waals surface area contributed by atoms with Crippen LogP contribution < -0.4 is 10.2 Å². The van der Waals surface area contributed by atoms with E-state index in [9.17, 15) is 4.79 Å². The number of pyridine rings is 1. The molecule has 3 aromatic rings. The summed E-state index contributed by atoms with van der Waals surface area (Å²) in [6.07, 6.45) is 4.28. The van der Waals surface area contributed by atoms with Crippen molar-refractivity contribution in [2.75, 3.05) is 10.2 Å². The van der Waals surface area contributed by atoms with Gasteiger partial charge in [-0.2, -0.15) is 0 Å². The first-order chi connectivity index (χ1) is 12.7. The minimum absolute atomic E-state index is 0.00156. The van der Waals surface area contributed by atoms with Crippen LogP contribution in [0.4, 0.5) is 11.4 Å². The summed E-state index contributed by atoms with van der Waals surface area (Å²) in [6.45, 7) is 2.78. The molecule has 4 rings (SSSR count). The number of carbonyl (C=O) groups excluding carboxylic acids is 1. The maximum atomic E-state index is 13.1. The average molecular weight is 343 g/mol. The Morgan fingerprint density at radius 3 is 2.73 bits per heavy atom. The molecule has 1 aliphatic rings. The van der Waals surface area contributed by atoms with Crippen molar-refractivity contribution in [2.45, 2.75) is 25.9 Å². The molecule has 0 bridgehead atoms. The normalized spacial score (nSPS) is 15.6. The van der Waals surface area contributed by atoms with E-state index < -0.39 is 0 Å². The molecule has 0 spiro atoms. The second-order valence-electron chi connectivity index (χ2n) is 6.66. The Morgan fingerprint density at radius 2 is 1.88 bits per heavy atom. The zero-order valence-electron chi connectivity index (χ0n) is 14.7. The lowest BCUT2D eigenvalue weighted by molar-refractivity contribution is 0.0981. The zero-order chi connectivity index (χ0) is 17.9. The second kappa shape index (κ2) is 7.00. The van der Waals surface area contributed by atoms with E-state index in [1.165, 1.54) is 11.1 Å². The highest BCUT2D eigenvalue weighted by atomic mass is 16.2. The van der Waals surface area contributed by atoms with Crippen LogP contribution in [0.5, 0.6) is 0 Å². The monoisotopic (exact) mass is 343 g/mol. The minimum atomic E-state index is -0.00156. The zero-order valence-corrected chi connectivity index (χ0v) is 14.7. The number of fused-ring (bicyclic) bond motifs is 1. The van der Waals surface area contributed by atoms with Crippen LogP contribution in [0, 0.1) is 0 Å². The number of amides is 1. The van der Waals surface area contributed by atoms with Crippen LogP contribution in [0.25, 0.3) is 0 Å². The van der Waals surface area contributed by atoms with Gasteiger partial charge in [0, 0.05) is 30.7 Å². The van der Waals surface area contributed by atoms with Gasteiger partial charge in [0.05, 0.1) is 11.3 Å². The molecule has 4 nitrogen and oxygen atoms in total. The number of nitrogens with zero attached hydrogens (tertiary/aromatic N) is 2. The molecule has 0 fully saturated rings. The highest BCUT2D eigenvalue weighted by molar-refractivity contribution is 6.08. The van der Waals surface area contributed by atoms with Crippen LogP contribution >= 0.6 is 0 Å². The van der Waals surface area contributed by atoms with Gasteiger partial charge in [0.15, 0.2) is 0 Å². The first-order valence-electron chi connectivity index (χ1n) is 8.86. The average Bonchev–Trinajstić information content (AvgIpc) is 3.02. The summed E-state index contributed by atoms with van der Waals surface area (Å²) in [6, 6.07) is 20.3. The standard InChI is InChI=1S/C22H21N3O/c1-16-11-18-9-5-6-10-21(18)25(16)22(26)19-12-20(15-23-14-19)24-13-17-7-3-2-4-8-17/h2-10,12,14-16,24H,11,13H2,1H3. The summed E-state index contributed by atoms with van der Waals surface area (Å²) < 4.78 is 0. The Kier molecular flexibility index (Phi) is 4.40. The minimum Gasteiger partial charge on any atom is -0.380 e. The highest BCUT2D eigenvalue weighted by Gasteiger charge is 2.31. The molecule has 1 atom stereocenters. The molecule has 1 aromatic heterocycles. The Balaban J connectivity index is 1.54. The van der Waals surface area contributed by atoms with E-state index in [1.807, 2.05) is 47.4 Å². The quantitative estimate of drug-likeness (QED) is 0.769. The number of hydrogen-bond donors (Lipinski definition) is 1. The van der Waals surface area contributed by atoms with Crippen molar-refractivity contribution in [1.82, 2.24) is 4.98 Å². The summed E-state index contributed by atoms with van der Waals surface area (Å²) in [5.74, 6) is -0.00156. The van der Waals surface area contributed by atoms with Gasteiger partial charge < -0.3 is 10.2 Å². The van der Waals surface area contributed by atoms with Crippen molar-refractivity contribution in [1.29, 1.82) is 0 Å². The SMILES string of the molecule is CC1Cc2ccccc2N1C(=O)c1cncc(NCc2ccccc2)c1. The topological polar surface area (TPSA) is 45.2 Å². The molecule has 2 aromatic carbocycles. The van der Waals surface area contributed by atoms with Crippen LogP contribution in [0.3, 0.4) is 0 Å². The summed E-state index contributed by atoms with van der Waals surface area (Å²) in [5, 5.41) is 3.34. The van der Waals surface area contributed by atoms with Crippen LogP contribution in [-0.4, -0.2) is 16.9 Å². The lowest BCUT2D eigenvalue weighted by atomic mass is 10.1. The van der Waals surface area contributed by atoms with Crippen molar-refractivity contribution < 1.29 is 4.79 Å². The molecule has 26 heavy (non-hydrogen) atoms. The van der Waals surface area contributed by atoms with Gasteiger partial charge in [-0.05, 0) is 36.6 Å². The number of para-hydroxylation sites is 1. The Morgan fingerprint density at radius 1 is 1.12 bits per heavy atom. The Hall–Kier alpha value is -3.14. The number of rotatable bonds is 4. The molecule has 0 saturated carbocycles. The van der Waals surface area contributed by atoms with Gasteiger partial charge in [0.25, 0.3) is 5.91 Å². The Labute approximate surface area is 153 Å². The molecule has 130 valence electrons. The molecular formula is C22H21N3O. The van der Waals surface area contributed by atoms with Crippen LogP contribution in [0.1, 0.15) is 28.4 Å². The maximum Gasteiger partial charge on any atom is 0.260 e. The van der Waals surface area contributed by atoms with Crippen LogP contribution in [0.15, 0.2) is 73.1 Å². The Bertz CT molecular complexity index is 923. The summed E-state index contributed by atoms with van der Waals surface area (Å²) in [5.41, 5.74) is 4.87. The van der Waals surface area contributed by atoms with E-state index in [2.05, 4.69) is 35.4 Å². The lowest BCUT2D eigenvalue weighted by Gasteiger charge is -2.23. The van der Waals surface area contributed by atoms with Crippen molar-refractivity contribution >= 4 is 17.3 Å². The van der Waals surface area contributed by atoms with Gasteiger partial charge in [-0.1, -0.05) is 48.5 Å². The lowest BCUT2D eigenvalue weighted by Crippen LogP contribution is -2.35. The first kappa shape index (κ1) is 16.3. The predicted octanol–water partition coefficient (Wildman–Crippen LogP) is 4.29. The number of hydrogen-bond acceptors (Lipinski definition) is 3. The molecule has 0 aliphatic carbocycles. The van der Waals surface area contributed by atoms with Gasteiger partial charge >= 0.3 is 0 Å². The molecule has 0 radical (unpaired) electrons. The summed E-state index contributed by atoms with van der Waals surface area (Å²) >= 11 is 0. The van der Waals surface area contributed by atoms with E-state index >= 15 is 0 Å². The molecular weight excluding hydrogens is 322 g/mol. The van der Waals surface area contributed by atoms with Crippen LogP contribution in [0.2, 0.25) is 0 Å². The highest BCUT2D eigenvalue weighted by Crippen LogP contribution is 2.33. The molecule has 1 aliphatic heterocycles. The van der Waals surface area contributed by atoms with Gasteiger partial charge in [-0.15, -0.1) is 0 Å². The summed E-state index contributed by atoms with van der Waals surface area (Å²) in [7, 11) is 0. The van der Waals surface area contributed by atoms with Crippen molar-refractivity contribution in [3.8, 4) is 0 Å². The number of benzene rings is 2. The van der Waals surface area contributed by atoms with Gasteiger partial charge in [0.1, 0.15) is 0 Å². The van der Waals surface area contributed by atoms with Crippen LogP contribution in [-0.2, 0) is 13.0 Å². The fourth-order valence-corrected chi connectivity index (χ4v) is 3.47. The number of aromatic nitrogens is 1. The maximum absolute atomic E-state index is 13.1. The molecule has 4 heteroatoms. The smallest absolute Gasteiger partial charge is 0.260 e. The third-order valence-corrected chi connectivity index (χ3v) is 4.75. The van der Waals surface area contributed by atoms with Gasteiger partial charge in [0.2, 0.25) is 0 Å². The van der Waals surface area contributed by atoms with E-state index in [4.69, 9.17) is 0 Å². The third-order valence-electron chi connectivity index (χ3n) is 4.75. The first-order valence-corrected chi connectivity index (χ1v) is 8.86. The van der Waals surface area contributed by atoms with Gasteiger partial charge in [-0.25, -0.2) is 0 Å². The van der Waals surface area contributed by atoms with Crippen molar-refractivity contribution in [2.24, 2.45) is 0 Å².